The second kappa shape index (κ2) is 9.50. The molecule has 7 heteroatoms. The van der Waals surface area contributed by atoms with E-state index < -0.39 is 0 Å². The number of hydrogen-bond acceptors (Lipinski definition) is 4. The molecule has 0 aromatic heterocycles. The standard InChI is InChI=1S/C21H24Cl2N2O3/c1-27-19-8-4-3-7-15(19)18(25-9-5-6-10-25)13-24-21(26)14-11-16(22)20(28-2)17(23)12-14/h3-4,7-8,11-12,18H,5-6,9-10,13H2,1-2H3,(H,24,26). The molecule has 3 rings (SSSR count). The van der Waals surface area contributed by atoms with Gasteiger partial charge in [0.2, 0.25) is 0 Å². The zero-order valence-electron chi connectivity index (χ0n) is 16.0. The number of carbonyl (C=O) groups is 1. The lowest BCUT2D eigenvalue weighted by atomic mass is 10.0. The smallest absolute Gasteiger partial charge is 0.251 e. The van der Waals surface area contributed by atoms with Gasteiger partial charge in [0, 0.05) is 17.7 Å². The van der Waals surface area contributed by atoms with Gasteiger partial charge in [0.25, 0.3) is 5.91 Å². The lowest BCUT2D eigenvalue weighted by Crippen LogP contribution is -2.37. The van der Waals surface area contributed by atoms with Crippen LogP contribution in [0, 0.1) is 0 Å². The fourth-order valence-corrected chi connectivity index (χ4v) is 4.25. The predicted octanol–water partition coefficient (Wildman–Crippen LogP) is 4.58. The van der Waals surface area contributed by atoms with Crippen LogP contribution < -0.4 is 14.8 Å². The number of para-hydroxylation sites is 1. The van der Waals surface area contributed by atoms with E-state index in [0.717, 1.165) is 37.2 Å². The summed E-state index contributed by atoms with van der Waals surface area (Å²) in [6.45, 7) is 2.46. The molecule has 150 valence electrons. The van der Waals surface area contributed by atoms with E-state index in [0.29, 0.717) is 27.9 Å². The molecule has 0 saturated carbocycles. The third-order valence-corrected chi connectivity index (χ3v) is 5.56. The summed E-state index contributed by atoms with van der Waals surface area (Å²) >= 11 is 12.3. The monoisotopic (exact) mass is 422 g/mol. The Balaban J connectivity index is 1.79. The maximum absolute atomic E-state index is 12.7. The molecular weight excluding hydrogens is 399 g/mol. The Kier molecular flexibility index (Phi) is 7.05. The lowest BCUT2D eigenvalue weighted by Gasteiger charge is -2.29. The third-order valence-electron chi connectivity index (χ3n) is 5.00. The van der Waals surface area contributed by atoms with Crippen LogP contribution in [0.1, 0.15) is 34.8 Å². The first-order valence-electron chi connectivity index (χ1n) is 9.23. The molecule has 0 aliphatic carbocycles. The number of amides is 1. The number of benzene rings is 2. The highest BCUT2D eigenvalue weighted by atomic mass is 35.5. The van der Waals surface area contributed by atoms with Crippen molar-refractivity contribution in [2.45, 2.75) is 18.9 Å². The van der Waals surface area contributed by atoms with Gasteiger partial charge in [0.15, 0.2) is 5.75 Å². The first kappa shape index (κ1) is 20.8. The summed E-state index contributed by atoms with van der Waals surface area (Å²) in [6, 6.07) is 11.1. The van der Waals surface area contributed by atoms with Crippen molar-refractivity contribution < 1.29 is 14.3 Å². The van der Waals surface area contributed by atoms with Gasteiger partial charge in [-0.25, -0.2) is 0 Å². The molecule has 1 unspecified atom stereocenters. The Bertz CT molecular complexity index is 815. The third kappa shape index (κ3) is 4.54. The van der Waals surface area contributed by atoms with Crippen molar-refractivity contribution in [1.82, 2.24) is 10.2 Å². The van der Waals surface area contributed by atoms with Crippen molar-refractivity contribution in [2.75, 3.05) is 33.9 Å². The maximum atomic E-state index is 12.7. The Labute approximate surface area is 175 Å². The van der Waals surface area contributed by atoms with E-state index in [9.17, 15) is 4.79 Å². The van der Waals surface area contributed by atoms with Gasteiger partial charge in [-0.05, 0) is 44.1 Å². The molecule has 1 heterocycles. The number of methoxy groups -OCH3 is 2. The summed E-state index contributed by atoms with van der Waals surface area (Å²) in [6.07, 6.45) is 2.31. The van der Waals surface area contributed by atoms with Gasteiger partial charge < -0.3 is 14.8 Å². The molecule has 28 heavy (non-hydrogen) atoms. The van der Waals surface area contributed by atoms with E-state index in [4.69, 9.17) is 32.7 Å². The van der Waals surface area contributed by atoms with E-state index in [-0.39, 0.29) is 11.9 Å². The summed E-state index contributed by atoms with van der Waals surface area (Å²) in [5, 5.41) is 3.64. The molecule has 1 aliphatic rings. The van der Waals surface area contributed by atoms with Gasteiger partial charge in [0.1, 0.15) is 5.75 Å². The van der Waals surface area contributed by atoms with Gasteiger partial charge in [-0.15, -0.1) is 0 Å². The SMILES string of the molecule is COc1ccccc1C(CNC(=O)c1cc(Cl)c(OC)c(Cl)c1)N1CCCC1. The molecule has 2 aromatic carbocycles. The molecule has 0 spiro atoms. The van der Waals surface area contributed by atoms with Gasteiger partial charge in [0.05, 0.1) is 30.3 Å². The second-order valence-electron chi connectivity index (χ2n) is 6.68. The quantitative estimate of drug-likeness (QED) is 0.709. The van der Waals surface area contributed by atoms with E-state index in [1.165, 1.54) is 7.11 Å². The van der Waals surface area contributed by atoms with E-state index in [2.05, 4.69) is 16.3 Å². The van der Waals surface area contributed by atoms with Crippen LogP contribution in [0.4, 0.5) is 0 Å². The molecule has 1 aliphatic heterocycles. The van der Waals surface area contributed by atoms with E-state index >= 15 is 0 Å². The van der Waals surface area contributed by atoms with Gasteiger partial charge in [-0.3, -0.25) is 9.69 Å². The van der Waals surface area contributed by atoms with Gasteiger partial charge in [-0.2, -0.15) is 0 Å². The normalized spacial score (nSPS) is 15.3. The summed E-state index contributed by atoms with van der Waals surface area (Å²) in [5.41, 5.74) is 1.47. The minimum absolute atomic E-state index is 0.0341. The molecule has 1 N–H and O–H groups in total. The van der Waals surface area contributed by atoms with E-state index in [1.54, 1.807) is 19.2 Å². The number of nitrogens with zero attached hydrogens (tertiary/aromatic N) is 1. The van der Waals surface area contributed by atoms with Crippen LogP contribution in [0.15, 0.2) is 36.4 Å². The molecule has 1 fully saturated rings. The predicted molar refractivity (Wildman–Crippen MR) is 112 cm³/mol. The lowest BCUT2D eigenvalue weighted by molar-refractivity contribution is 0.0937. The Morgan fingerprint density at radius 3 is 2.36 bits per heavy atom. The summed E-state index contributed by atoms with van der Waals surface area (Å²) in [4.78, 5) is 15.1. The Morgan fingerprint density at radius 2 is 1.75 bits per heavy atom. The first-order chi connectivity index (χ1) is 13.5. The summed E-state index contributed by atoms with van der Waals surface area (Å²) in [5.74, 6) is 0.957. The number of likely N-dealkylation sites (tertiary alicyclic amines) is 1. The zero-order chi connectivity index (χ0) is 20.1. The second-order valence-corrected chi connectivity index (χ2v) is 7.50. The molecule has 1 amide bonds. The highest BCUT2D eigenvalue weighted by Crippen LogP contribution is 2.34. The van der Waals surface area contributed by atoms with Crippen molar-refractivity contribution in [3.05, 3.63) is 57.6 Å². The van der Waals surface area contributed by atoms with Crippen molar-refractivity contribution in [3.63, 3.8) is 0 Å². The molecular formula is C21H24Cl2N2O3. The van der Waals surface area contributed by atoms with Crippen LogP contribution >= 0.6 is 23.2 Å². The molecule has 1 atom stereocenters. The fraction of sp³-hybridized carbons (Fsp3) is 0.381. The molecule has 0 radical (unpaired) electrons. The highest BCUT2D eigenvalue weighted by molar-refractivity contribution is 6.37. The first-order valence-corrected chi connectivity index (χ1v) is 9.99. The summed E-state index contributed by atoms with van der Waals surface area (Å²) in [7, 11) is 3.15. The average molecular weight is 423 g/mol. The Morgan fingerprint density at radius 1 is 1.11 bits per heavy atom. The van der Waals surface area contributed by atoms with Gasteiger partial charge in [-0.1, -0.05) is 41.4 Å². The van der Waals surface area contributed by atoms with E-state index in [1.807, 2.05) is 18.2 Å². The van der Waals surface area contributed by atoms with Crippen LogP contribution in [0.25, 0.3) is 0 Å². The number of halogens is 2. The van der Waals surface area contributed by atoms with Crippen LogP contribution in [-0.2, 0) is 0 Å². The van der Waals surface area contributed by atoms with Crippen LogP contribution in [0.5, 0.6) is 11.5 Å². The number of hydrogen-bond donors (Lipinski definition) is 1. The largest absolute Gasteiger partial charge is 0.496 e. The minimum atomic E-state index is -0.231. The number of rotatable bonds is 7. The van der Waals surface area contributed by atoms with Crippen molar-refractivity contribution >= 4 is 29.1 Å². The topological polar surface area (TPSA) is 50.8 Å². The highest BCUT2D eigenvalue weighted by Gasteiger charge is 2.26. The molecule has 1 saturated heterocycles. The number of ether oxygens (including phenoxy) is 2. The van der Waals surface area contributed by atoms with Crippen LogP contribution in [-0.4, -0.2) is 44.7 Å². The molecule has 5 nitrogen and oxygen atoms in total. The zero-order valence-corrected chi connectivity index (χ0v) is 17.5. The summed E-state index contributed by atoms with van der Waals surface area (Å²) < 4.78 is 10.7. The van der Waals surface area contributed by atoms with Crippen LogP contribution in [0.3, 0.4) is 0 Å². The van der Waals surface area contributed by atoms with Crippen molar-refractivity contribution in [1.29, 1.82) is 0 Å². The van der Waals surface area contributed by atoms with Crippen molar-refractivity contribution in [2.24, 2.45) is 0 Å². The Hall–Kier alpha value is -1.95. The fourth-order valence-electron chi connectivity index (χ4n) is 3.61. The molecule has 0 bridgehead atoms. The average Bonchev–Trinajstić information content (AvgIpc) is 3.22. The van der Waals surface area contributed by atoms with Crippen molar-refractivity contribution in [3.8, 4) is 11.5 Å². The minimum Gasteiger partial charge on any atom is -0.496 e. The maximum Gasteiger partial charge on any atom is 0.251 e. The van der Waals surface area contributed by atoms with Crippen LogP contribution in [0.2, 0.25) is 10.0 Å². The number of carbonyl (C=O) groups excluding carboxylic acids is 1. The van der Waals surface area contributed by atoms with Gasteiger partial charge >= 0.3 is 0 Å². The molecule has 2 aromatic rings. The number of nitrogens with one attached hydrogen (secondary N) is 1.